The molecule has 1 heterocycles. The van der Waals surface area contributed by atoms with Gasteiger partial charge in [-0.2, -0.15) is 0 Å². The maximum atomic E-state index is 10.8. The van der Waals surface area contributed by atoms with Gasteiger partial charge in [-0.1, -0.05) is 34.6 Å². The number of aliphatic hydroxyl groups excluding tert-OH is 1. The van der Waals surface area contributed by atoms with Crippen LogP contribution in [0.1, 0.15) is 84.3 Å². The van der Waals surface area contributed by atoms with E-state index >= 15 is 0 Å². The molecule has 4 heteroatoms. The van der Waals surface area contributed by atoms with Crippen molar-refractivity contribution in [3.05, 3.63) is 17.2 Å². The zero-order valence-electron chi connectivity index (χ0n) is 20.1. The van der Waals surface area contributed by atoms with Crippen molar-refractivity contribution in [1.29, 1.82) is 0 Å². The molecule has 3 fully saturated rings. The van der Waals surface area contributed by atoms with Gasteiger partial charge in [0.25, 0.3) is 0 Å². The van der Waals surface area contributed by atoms with Crippen molar-refractivity contribution < 1.29 is 20.1 Å². The van der Waals surface area contributed by atoms with Gasteiger partial charge in [0.05, 0.1) is 6.10 Å². The van der Waals surface area contributed by atoms with Gasteiger partial charge in [0.15, 0.2) is 11.5 Å². The van der Waals surface area contributed by atoms with Crippen molar-refractivity contribution in [2.75, 3.05) is 0 Å². The number of fused-ring (bicyclic) bond motifs is 5. The Labute approximate surface area is 187 Å². The highest BCUT2D eigenvalue weighted by Gasteiger charge is 2.70. The smallest absolute Gasteiger partial charge is 0.164 e. The minimum atomic E-state index is -0.359. The molecule has 5 rings (SSSR count). The lowest BCUT2D eigenvalue weighted by Crippen LogP contribution is -2.68. The van der Waals surface area contributed by atoms with E-state index in [0.29, 0.717) is 24.2 Å². The van der Waals surface area contributed by atoms with E-state index in [-0.39, 0.29) is 39.4 Å². The number of aryl methyl sites for hydroxylation is 1. The summed E-state index contributed by atoms with van der Waals surface area (Å²) in [6.45, 7) is 13.8. The van der Waals surface area contributed by atoms with Gasteiger partial charge < -0.3 is 20.1 Å². The number of ether oxygens (including phenoxy) is 1. The van der Waals surface area contributed by atoms with Gasteiger partial charge in [-0.3, -0.25) is 0 Å². The van der Waals surface area contributed by atoms with Crippen molar-refractivity contribution in [3.63, 3.8) is 0 Å². The first kappa shape index (κ1) is 21.4. The monoisotopic (exact) mass is 428 g/mol. The summed E-state index contributed by atoms with van der Waals surface area (Å²) in [5.74, 6) is 2.15. The normalized spacial score (nSPS) is 45.5. The zero-order valence-corrected chi connectivity index (χ0v) is 20.1. The van der Waals surface area contributed by atoms with Gasteiger partial charge in [-0.25, -0.2) is 0 Å². The molecule has 0 bridgehead atoms. The summed E-state index contributed by atoms with van der Waals surface area (Å²) in [6.07, 6.45) is 6.91. The lowest BCUT2D eigenvalue weighted by Gasteiger charge is -2.69. The number of phenolic OH excluding ortho intramolecular Hbond substituents is 2. The second-order valence-electron chi connectivity index (χ2n) is 12.5. The fraction of sp³-hybridized carbons (Fsp3) is 0.778. The molecule has 3 aliphatic carbocycles. The van der Waals surface area contributed by atoms with E-state index in [4.69, 9.17) is 4.74 Å². The molecule has 4 aliphatic rings. The molecule has 0 radical (unpaired) electrons. The molecule has 1 aromatic rings. The van der Waals surface area contributed by atoms with Crippen molar-refractivity contribution >= 4 is 0 Å². The second kappa shape index (κ2) is 6.34. The molecular formula is C27H40O4. The summed E-state index contributed by atoms with van der Waals surface area (Å²) in [7, 11) is 0. The van der Waals surface area contributed by atoms with Gasteiger partial charge >= 0.3 is 0 Å². The summed E-state index contributed by atoms with van der Waals surface area (Å²) in [4.78, 5) is 0. The highest BCUT2D eigenvalue weighted by Crippen LogP contribution is 2.72. The molecule has 0 amide bonds. The van der Waals surface area contributed by atoms with Crippen LogP contribution in [0.2, 0.25) is 0 Å². The highest BCUT2D eigenvalue weighted by atomic mass is 16.5. The largest absolute Gasteiger partial charge is 0.504 e. The molecule has 1 spiro atoms. The molecule has 0 aromatic heterocycles. The SMILES string of the molecule is Cc1cc(O)c(O)c2c1O[C@@]1(C2)[C@@H](C)CC[C@@H]2[C@@]3(C)CC[C@H](O)C(C)(C)[C@@H]3CC[C@]21C. The van der Waals surface area contributed by atoms with Gasteiger partial charge in [-0.15, -0.1) is 0 Å². The van der Waals surface area contributed by atoms with Crippen molar-refractivity contribution in [3.8, 4) is 17.2 Å². The summed E-state index contributed by atoms with van der Waals surface area (Å²) in [5, 5.41) is 31.8. The maximum Gasteiger partial charge on any atom is 0.164 e. The van der Waals surface area contributed by atoms with E-state index in [1.54, 1.807) is 6.07 Å². The number of rotatable bonds is 0. The fourth-order valence-electron chi connectivity index (χ4n) is 9.13. The lowest BCUT2D eigenvalue weighted by molar-refractivity contribution is -0.238. The third-order valence-electron chi connectivity index (χ3n) is 10.9. The fourth-order valence-corrected chi connectivity index (χ4v) is 9.13. The van der Waals surface area contributed by atoms with E-state index in [2.05, 4.69) is 34.6 Å². The summed E-state index contributed by atoms with van der Waals surface area (Å²) in [5.41, 5.74) is 1.44. The number of hydrogen-bond donors (Lipinski definition) is 3. The molecule has 31 heavy (non-hydrogen) atoms. The number of phenols is 2. The van der Waals surface area contributed by atoms with Crippen LogP contribution in [0.3, 0.4) is 0 Å². The Hall–Kier alpha value is -1.42. The van der Waals surface area contributed by atoms with Gasteiger partial charge in [0, 0.05) is 17.4 Å². The third-order valence-corrected chi connectivity index (χ3v) is 10.9. The number of benzene rings is 1. The van der Waals surface area contributed by atoms with E-state index in [9.17, 15) is 15.3 Å². The van der Waals surface area contributed by atoms with Crippen LogP contribution in [0.15, 0.2) is 6.07 Å². The van der Waals surface area contributed by atoms with Crippen LogP contribution in [0.4, 0.5) is 0 Å². The second-order valence-corrected chi connectivity index (χ2v) is 12.5. The van der Waals surface area contributed by atoms with Crippen LogP contribution in [0, 0.1) is 40.9 Å². The van der Waals surface area contributed by atoms with E-state index in [1.807, 2.05) is 6.92 Å². The van der Waals surface area contributed by atoms with Crippen molar-refractivity contribution in [2.45, 2.75) is 98.2 Å². The molecular weight excluding hydrogens is 388 g/mol. The molecule has 1 aromatic carbocycles. The molecule has 3 N–H and O–H groups in total. The minimum absolute atomic E-state index is 0.00258. The van der Waals surface area contributed by atoms with Crippen LogP contribution in [-0.4, -0.2) is 27.0 Å². The molecule has 7 atom stereocenters. The first-order valence-corrected chi connectivity index (χ1v) is 12.3. The van der Waals surface area contributed by atoms with Crippen LogP contribution in [0.25, 0.3) is 0 Å². The molecule has 3 saturated carbocycles. The molecule has 0 saturated heterocycles. The number of hydrogen-bond acceptors (Lipinski definition) is 4. The van der Waals surface area contributed by atoms with Gasteiger partial charge in [0.1, 0.15) is 11.4 Å². The van der Waals surface area contributed by atoms with E-state index in [1.165, 1.54) is 6.42 Å². The lowest BCUT2D eigenvalue weighted by atomic mass is 9.37. The number of aliphatic hydroxyl groups is 1. The molecule has 1 aliphatic heterocycles. The Bertz CT molecular complexity index is 922. The van der Waals surface area contributed by atoms with Crippen molar-refractivity contribution in [1.82, 2.24) is 0 Å². The van der Waals surface area contributed by atoms with Crippen LogP contribution < -0.4 is 4.74 Å². The topological polar surface area (TPSA) is 69.9 Å². The first-order chi connectivity index (χ1) is 14.4. The quantitative estimate of drug-likeness (QED) is 0.462. The predicted octanol–water partition coefficient (Wildman–Crippen LogP) is 5.73. The highest BCUT2D eigenvalue weighted by molar-refractivity contribution is 5.59. The Morgan fingerprint density at radius 3 is 2.39 bits per heavy atom. The van der Waals surface area contributed by atoms with Crippen LogP contribution >= 0.6 is 0 Å². The Morgan fingerprint density at radius 1 is 0.968 bits per heavy atom. The van der Waals surface area contributed by atoms with Gasteiger partial charge in [-0.05, 0) is 85.7 Å². The molecule has 4 nitrogen and oxygen atoms in total. The van der Waals surface area contributed by atoms with Gasteiger partial charge in [0.2, 0.25) is 0 Å². The first-order valence-electron chi connectivity index (χ1n) is 12.3. The Morgan fingerprint density at radius 2 is 1.68 bits per heavy atom. The maximum absolute atomic E-state index is 10.8. The summed E-state index contributed by atoms with van der Waals surface area (Å²) < 4.78 is 6.96. The van der Waals surface area contributed by atoms with Crippen LogP contribution in [-0.2, 0) is 6.42 Å². The average Bonchev–Trinajstić information content (AvgIpc) is 3.11. The van der Waals surface area contributed by atoms with E-state index in [0.717, 1.165) is 49.0 Å². The van der Waals surface area contributed by atoms with E-state index < -0.39 is 0 Å². The van der Waals surface area contributed by atoms with Crippen molar-refractivity contribution in [2.24, 2.45) is 34.0 Å². The zero-order chi connectivity index (χ0) is 22.6. The number of aromatic hydroxyl groups is 2. The molecule has 0 unspecified atom stereocenters. The third kappa shape index (κ3) is 2.46. The molecule has 172 valence electrons. The Kier molecular flexibility index (Phi) is 4.38. The minimum Gasteiger partial charge on any atom is -0.504 e. The Balaban J connectivity index is 1.61. The van der Waals surface area contributed by atoms with Crippen LogP contribution in [0.5, 0.6) is 17.2 Å². The predicted molar refractivity (Wildman–Crippen MR) is 121 cm³/mol. The summed E-state index contributed by atoms with van der Waals surface area (Å²) >= 11 is 0. The standard InChI is InChI=1S/C27H40O4/c1-15-13-18(28)22(30)17-14-27(31-23(15)17)16(2)7-8-20-25(5)11-10-21(29)24(3,4)19(25)9-12-26(20,27)6/h13,16,19-21,28-30H,7-12,14H2,1-6H3/t16-,19-,20+,21-,25-,26+,27-/m0/s1. The average molecular weight is 429 g/mol. The summed E-state index contributed by atoms with van der Waals surface area (Å²) in [6, 6.07) is 1.63.